The summed E-state index contributed by atoms with van der Waals surface area (Å²) in [7, 11) is 0. The zero-order chi connectivity index (χ0) is 14.6. The Hall–Kier alpha value is -1.82. The van der Waals surface area contributed by atoms with Gasteiger partial charge in [0, 0.05) is 0 Å². The summed E-state index contributed by atoms with van der Waals surface area (Å²) in [4.78, 5) is 0. The number of benzene rings is 3. The lowest BCUT2D eigenvalue weighted by Crippen LogP contribution is -1.96. The molecule has 3 aromatic rings. The third-order valence-corrected chi connectivity index (χ3v) is 4.74. The van der Waals surface area contributed by atoms with E-state index in [2.05, 4.69) is 65.8 Å². The normalized spacial score (nSPS) is 11.5. The zero-order valence-corrected chi connectivity index (χ0v) is 13.3. The molecule has 0 heterocycles. The Bertz CT molecular complexity index is 710. The van der Waals surface area contributed by atoms with Crippen molar-refractivity contribution in [3.63, 3.8) is 0 Å². The van der Waals surface area contributed by atoms with Gasteiger partial charge >= 0.3 is 0 Å². The maximum atomic E-state index is 2.28. The van der Waals surface area contributed by atoms with E-state index in [4.69, 9.17) is 0 Å². The van der Waals surface area contributed by atoms with Crippen LogP contribution in [0.1, 0.15) is 33.4 Å². The molecule has 0 unspecified atom stereocenters. The predicted octanol–water partition coefficient (Wildman–Crippen LogP) is 5.84. The Morgan fingerprint density at radius 2 is 0.600 bits per heavy atom. The van der Waals surface area contributed by atoms with Gasteiger partial charge in [0.05, 0.1) is 0 Å². The Labute approximate surface area is 121 Å². The van der Waals surface area contributed by atoms with Gasteiger partial charge in [0.25, 0.3) is 0 Å². The van der Waals surface area contributed by atoms with Gasteiger partial charge in [-0.05, 0) is 96.5 Å². The van der Waals surface area contributed by atoms with Gasteiger partial charge in [0.2, 0.25) is 0 Å². The molecule has 20 heavy (non-hydrogen) atoms. The summed E-state index contributed by atoms with van der Waals surface area (Å²) in [6.45, 7) is 13.5. The standard InChI is InChI=1S/C20H22/c1-11-7-8-12(2)18-16(6)20-14(4)10-9-13(3)19(20)15(5)17(11)18/h7-10H,1-6H3. The van der Waals surface area contributed by atoms with Crippen LogP contribution < -0.4 is 0 Å². The summed E-state index contributed by atoms with van der Waals surface area (Å²) < 4.78 is 0. The highest BCUT2D eigenvalue weighted by molar-refractivity contribution is 6.09. The molecule has 3 rings (SSSR count). The summed E-state index contributed by atoms with van der Waals surface area (Å²) >= 11 is 0. The SMILES string of the molecule is Cc1ccc(C)c2c(C)c3c(C)ccc(C)c3c(C)c12. The second-order valence-corrected chi connectivity index (χ2v) is 6.15. The molecular weight excluding hydrogens is 240 g/mol. The number of fused-ring (bicyclic) bond motifs is 2. The van der Waals surface area contributed by atoms with E-state index in [9.17, 15) is 0 Å². The van der Waals surface area contributed by atoms with Crippen LogP contribution in [0.15, 0.2) is 24.3 Å². The number of hydrogen-bond donors (Lipinski definition) is 0. The molecule has 0 aromatic heterocycles. The van der Waals surface area contributed by atoms with Crippen LogP contribution in [0.25, 0.3) is 21.5 Å². The fraction of sp³-hybridized carbons (Fsp3) is 0.300. The van der Waals surface area contributed by atoms with Gasteiger partial charge in [-0.3, -0.25) is 0 Å². The molecule has 0 aliphatic carbocycles. The first-order chi connectivity index (χ1) is 9.43. The average molecular weight is 262 g/mol. The van der Waals surface area contributed by atoms with Crippen LogP contribution in [0.3, 0.4) is 0 Å². The maximum Gasteiger partial charge on any atom is -0.0114 e. The van der Waals surface area contributed by atoms with Crippen LogP contribution in [0.2, 0.25) is 0 Å². The lowest BCUT2D eigenvalue weighted by molar-refractivity contribution is 1.38. The largest absolute Gasteiger partial charge is 0.0584 e. The Balaban J connectivity index is 2.77. The lowest BCUT2D eigenvalue weighted by Gasteiger charge is -2.19. The molecule has 3 aromatic carbocycles. The third-order valence-electron chi connectivity index (χ3n) is 4.74. The van der Waals surface area contributed by atoms with Crippen molar-refractivity contribution in [2.45, 2.75) is 41.5 Å². The van der Waals surface area contributed by atoms with Crippen LogP contribution in [-0.4, -0.2) is 0 Å². The van der Waals surface area contributed by atoms with E-state index in [1.807, 2.05) is 0 Å². The first kappa shape index (κ1) is 13.2. The lowest BCUT2D eigenvalue weighted by atomic mass is 9.85. The van der Waals surface area contributed by atoms with Gasteiger partial charge in [0.15, 0.2) is 0 Å². The van der Waals surface area contributed by atoms with Crippen molar-refractivity contribution >= 4 is 21.5 Å². The van der Waals surface area contributed by atoms with Crippen LogP contribution >= 0.6 is 0 Å². The molecular formula is C20H22. The molecule has 0 N–H and O–H groups in total. The second kappa shape index (κ2) is 4.34. The highest BCUT2D eigenvalue weighted by Gasteiger charge is 2.14. The van der Waals surface area contributed by atoms with E-state index in [-0.39, 0.29) is 0 Å². The van der Waals surface area contributed by atoms with Gasteiger partial charge in [-0.25, -0.2) is 0 Å². The summed E-state index contributed by atoms with van der Waals surface area (Å²) in [5.41, 5.74) is 8.40. The van der Waals surface area contributed by atoms with E-state index in [0.717, 1.165) is 0 Å². The minimum absolute atomic E-state index is 1.38. The number of hydrogen-bond acceptors (Lipinski definition) is 0. The van der Waals surface area contributed by atoms with E-state index in [1.54, 1.807) is 0 Å². The summed E-state index contributed by atoms with van der Waals surface area (Å²) in [5, 5.41) is 5.79. The predicted molar refractivity (Wildman–Crippen MR) is 89.9 cm³/mol. The van der Waals surface area contributed by atoms with E-state index in [0.29, 0.717) is 0 Å². The molecule has 0 saturated carbocycles. The van der Waals surface area contributed by atoms with Crippen molar-refractivity contribution in [1.29, 1.82) is 0 Å². The van der Waals surface area contributed by atoms with Crippen LogP contribution in [0.4, 0.5) is 0 Å². The van der Waals surface area contributed by atoms with Gasteiger partial charge < -0.3 is 0 Å². The average Bonchev–Trinajstić information content (AvgIpc) is 2.41. The molecule has 0 amide bonds. The molecule has 0 aliphatic rings. The third kappa shape index (κ3) is 1.61. The maximum absolute atomic E-state index is 2.28. The molecule has 102 valence electrons. The van der Waals surface area contributed by atoms with Gasteiger partial charge in [-0.1, -0.05) is 24.3 Å². The van der Waals surface area contributed by atoms with Gasteiger partial charge in [-0.2, -0.15) is 0 Å². The van der Waals surface area contributed by atoms with Crippen LogP contribution in [0, 0.1) is 41.5 Å². The van der Waals surface area contributed by atoms with Crippen molar-refractivity contribution < 1.29 is 0 Å². The molecule has 0 nitrogen and oxygen atoms in total. The van der Waals surface area contributed by atoms with Crippen LogP contribution in [-0.2, 0) is 0 Å². The molecule has 0 spiro atoms. The van der Waals surface area contributed by atoms with Crippen LogP contribution in [0.5, 0.6) is 0 Å². The zero-order valence-electron chi connectivity index (χ0n) is 13.3. The van der Waals surface area contributed by atoms with Gasteiger partial charge in [-0.15, -0.1) is 0 Å². The van der Waals surface area contributed by atoms with Crippen molar-refractivity contribution in [3.05, 3.63) is 57.6 Å². The molecule has 0 atom stereocenters. The first-order valence-corrected chi connectivity index (χ1v) is 7.32. The fourth-order valence-corrected chi connectivity index (χ4v) is 3.81. The molecule has 0 fully saturated rings. The summed E-state index contributed by atoms with van der Waals surface area (Å²) in [6.07, 6.45) is 0. The van der Waals surface area contributed by atoms with E-state index in [1.165, 1.54) is 54.9 Å². The van der Waals surface area contributed by atoms with Crippen molar-refractivity contribution in [2.75, 3.05) is 0 Å². The highest BCUT2D eigenvalue weighted by Crippen LogP contribution is 2.38. The molecule has 0 heteroatoms. The van der Waals surface area contributed by atoms with E-state index < -0.39 is 0 Å². The number of aryl methyl sites for hydroxylation is 6. The minimum Gasteiger partial charge on any atom is -0.0584 e. The summed E-state index contributed by atoms with van der Waals surface area (Å²) in [6, 6.07) is 9.00. The Kier molecular flexibility index (Phi) is 2.86. The summed E-state index contributed by atoms with van der Waals surface area (Å²) in [5.74, 6) is 0. The first-order valence-electron chi connectivity index (χ1n) is 7.32. The smallest absolute Gasteiger partial charge is 0.0114 e. The molecule has 0 aliphatic heterocycles. The fourth-order valence-electron chi connectivity index (χ4n) is 3.81. The highest BCUT2D eigenvalue weighted by atomic mass is 14.2. The van der Waals surface area contributed by atoms with Crippen molar-refractivity contribution in [3.8, 4) is 0 Å². The number of rotatable bonds is 0. The molecule has 0 bridgehead atoms. The Morgan fingerprint density at radius 1 is 0.400 bits per heavy atom. The Morgan fingerprint density at radius 3 is 0.800 bits per heavy atom. The van der Waals surface area contributed by atoms with Crippen molar-refractivity contribution in [1.82, 2.24) is 0 Å². The quantitative estimate of drug-likeness (QED) is 0.446. The van der Waals surface area contributed by atoms with Crippen molar-refractivity contribution in [2.24, 2.45) is 0 Å². The molecule has 0 radical (unpaired) electrons. The van der Waals surface area contributed by atoms with Gasteiger partial charge in [0.1, 0.15) is 0 Å². The molecule has 0 saturated heterocycles. The van der Waals surface area contributed by atoms with E-state index >= 15 is 0 Å². The second-order valence-electron chi connectivity index (χ2n) is 6.15. The topological polar surface area (TPSA) is 0 Å². The minimum atomic E-state index is 1.38. The monoisotopic (exact) mass is 262 g/mol.